The Labute approximate surface area is 252 Å². The molecule has 6 N–H and O–H groups in total. The van der Waals surface area contributed by atoms with E-state index in [-0.39, 0.29) is 82.1 Å². The number of ether oxygens (including phenoxy) is 1. The molecule has 0 aliphatic heterocycles. The van der Waals surface area contributed by atoms with Gasteiger partial charge in [-0.3, -0.25) is 0 Å². The van der Waals surface area contributed by atoms with E-state index in [1.807, 2.05) is 0 Å². The van der Waals surface area contributed by atoms with Crippen LogP contribution in [0.2, 0.25) is 0 Å². The molecule has 1 aliphatic rings. The van der Waals surface area contributed by atoms with Crippen LogP contribution in [0.5, 0.6) is 23.0 Å². The van der Waals surface area contributed by atoms with Crippen molar-refractivity contribution in [2.45, 2.75) is 39.5 Å². The molecule has 0 saturated carbocycles. The van der Waals surface area contributed by atoms with Gasteiger partial charge in [0.05, 0.1) is 11.1 Å². The summed E-state index contributed by atoms with van der Waals surface area (Å²) in [6.45, 7) is 2.90. The Balaban J connectivity index is 1.83. The molecule has 44 heavy (non-hydrogen) atoms. The van der Waals surface area contributed by atoms with E-state index in [4.69, 9.17) is 4.74 Å². The number of phenolic OH excluding ortho intramolecular Hbond substituents is 3. The molecule has 226 valence electrons. The fourth-order valence-electron chi connectivity index (χ4n) is 5.84. The minimum atomic E-state index is -1.24. The zero-order chi connectivity index (χ0) is 31.9. The summed E-state index contributed by atoms with van der Waals surface area (Å²) in [7, 11) is 0. The quantitative estimate of drug-likeness (QED) is 0.162. The summed E-state index contributed by atoms with van der Waals surface area (Å²) in [5.74, 6) is -3.99. The minimum Gasteiger partial charge on any atom is -0.507 e. The fourth-order valence-corrected chi connectivity index (χ4v) is 5.84. The lowest BCUT2D eigenvalue weighted by Gasteiger charge is -2.20. The Kier molecular flexibility index (Phi) is 7.93. The molecule has 1 aliphatic carbocycles. The standard InChI is InChI=1S/C34H30O10/c1-16-3-18-7-20-11-26(33(40)41)13-22(30(20)38)9-24-5-17(2)6-25(32(24)44-15-28(35)36)10-23-14-27(34(42)43)12-21(31(23)39)8-19(4-16)29(18)37/h3-6,11-14,37-39H,7-10,15H2,1-2H3,(H,35,36)(H,40,41)(H,42,43). The molecule has 0 radical (unpaired) electrons. The average Bonchev–Trinajstić information content (AvgIpc) is 2.93. The highest BCUT2D eigenvalue weighted by Crippen LogP contribution is 2.39. The largest absolute Gasteiger partial charge is 0.507 e. The summed E-state index contributed by atoms with van der Waals surface area (Å²) in [6.07, 6.45) is -0.148. The summed E-state index contributed by atoms with van der Waals surface area (Å²) in [6, 6.07) is 12.2. The van der Waals surface area contributed by atoms with Gasteiger partial charge in [-0.15, -0.1) is 0 Å². The molecule has 0 saturated heterocycles. The lowest BCUT2D eigenvalue weighted by atomic mass is 9.88. The van der Waals surface area contributed by atoms with Crippen LogP contribution in [0, 0.1) is 13.8 Å². The maximum absolute atomic E-state index is 12.1. The highest BCUT2D eigenvalue weighted by Gasteiger charge is 2.23. The van der Waals surface area contributed by atoms with E-state index in [0.29, 0.717) is 22.3 Å². The van der Waals surface area contributed by atoms with Crippen LogP contribution >= 0.6 is 0 Å². The molecule has 8 bridgehead atoms. The number of aliphatic carboxylic acids is 1. The van der Waals surface area contributed by atoms with Crippen molar-refractivity contribution in [2.75, 3.05) is 6.61 Å². The van der Waals surface area contributed by atoms with E-state index in [0.717, 1.165) is 11.1 Å². The number of phenols is 3. The van der Waals surface area contributed by atoms with Crippen LogP contribution in [0.25, 0.3) is 0 Å². The first-order valence-electron chi connectivity index (χ1n) is 13.7. The van der Waals surface area contributed by atoms with Gasteiger partial charge in [0.15, 0.2) is 6.61 Å². The van der Waals surface area contributed by atoms with Crippen LogP contribution in [0.1, 0.15) is 76.4 Å². The molecule has 10 nitrogen and oxygen atoms in total. The Morgan fingerprint density at radius 1 is 0.545 bits per heavy atom. The van der Waals surface area contributed by atoms with Crippen LogP contribution in [-0.4, -0.2) is 55.2 Å². The van der Waals surface area contributed by atoms with Gasteiger partial charge in [0.25, 0.3) is 0 Å². The maximum atomic E-state index is 12.1. The molecule has 4 aromatic carbocycles. The van der Waals surface area contributed by atoms with Crippen LogP contribution in [-0.2, 0) is 30.5 Å². The van der Waals surface area contributed by atoms with Crippen LogP contribution in [0.3, 0.4) is 0 Å². The lowest BCUT2D eigenvalue weighted by Crippen LogP contribution is -2.13. The van der Waals surface area contributed by atoms with E-state index in [1.54, 1.807) is 38.1 Å². The molecular formula is C34H30O10. The number of aryl methyl sites for hydroxylation is 2. The molecule has 0 atom stereocenters. The third kappa shape index (κ3) is 6.00. The van der Waals surface area contributed by atoms with Crippen molar-refractivity contribution < 1.29 is 49.8 Å². The molecule has 10 heteroatoms. The van der Waals surface area contributed by atoms with Gasteiger partial charge in [0.1, 0.15) is 23.0 Å². The Morgan fingerprint density at radius 3 is 1.16 bits per heavy atom. The van der Waals surface area contributed by atoms with Crippen LogP contribution in [0.15, 0.2) is 48.5 Å². The summed E-state index contributed by atoms with van der Waals surface area (Å²) >= 11 is 0. The average molecular weight is 599 g/mol. The van der Waals surface area contributed by atoms with E-state index in [2.05, 4.69) is 0 Å². The fraction of sp³-hybridized carbons (Fsp3) is 0.206. The second kappa shape index (κ2) is 11.6. The van der Waals surface area contributed by atoms with Gasteiger partial charge < -0.3 is 35.4 Å². The first-order chi connectivity index (χ1) is 20.8. The van der Waals surface area contributed by atoms with Gasteiger partial charge in [0.2, 0.25) is 0 Å². The number of rotatable bonds is 5. The van der Waals surface area contributed by atoms with Gasteiger partial charge in [-0.25, -0.2) is 14.4 Å². The highest BCUT2D eigenvalue weighted by atomic mass is 16.5. The maximum Gasteiger partial charge on any atom is 0.341 e. The van der Waals surface area contributed by atoms with Gasteiger partial charge in [0, 0.05) is 25.7 Å². The molecular weight excluding hydrogens is 568 g/mol. The lowest BCUT2D eigenvalue weighted by molar-refractivity contribution is -0.139. The highest BCUT2D eigenvalue weighted by molar-refractivity contribution is 5.89. The second-order valence-electron chi connectivity index (χ2n) is 11.1. The summed E-state index contributed by atoms with van der Waals surface area (Å²) < 4.78 is 5.74. The Morgan fingerprint density at radius 2 is 0.841 bits per heavy atom. The minimum absolute atomic E-state index is 0.0334. The molecule has 5 rings (SSSR count). The zero-order valence-corrected chi connectivity index (χ0v) is 24.0. The van der Waals surface area contributed by atoms with E-state index in [9.17, 15) is 45.0 Å². The molecule has 0 aromatic heterocycles. The molecule has 0 fully saturated rings. The number of benzene rings is 4. The van der Waals surface area contributed by atoms with Crippen molar-refractivity contribution in [3.8, 4) is 23.0 Å². The third-order valence-electron chi connectivity index (χ3n) is 7.69. The predicted molar refractivity (Wildman–Crippen MR) is 159 cm³/mol. The van der Waals surface area contributed by atoms with Crippen molar-refractivity contribution in [1.82, 2.24) is 0 Å². The van der Waals surface area contributed by atoms with E-state index in [1.165, 1.54) is 24.3 Å². The number of hydrogen-bond donors (Lipinski definition) is 6. The molecule has 0 unspecified atom stereocenters. The normalized spacial score (nSPS) is 12.4. The molecule has 0 spiro atoms. The van der Waals surface area contributed by atoms with Gasteiger partial charge in [-0.05, 0) is 82.6 Å². The van der Waals surface area contributed by atoms with Crippen LogP contribution < -0.4 is 4.74 Å². The van der Waals surface area contributed by atoms with Gasteiger partial charge in [-0.1, -0.05) is 35.4 Å². The summed E-state index contributed by atoms with van der Waals surface area (Å²) in [4.78, 5) is 35.7. The summed E-state index contributed by atoms with van der Waals surface area (Å²) in [5, 5.41) is 63.2. The number of carboxylic acids is 3. The number of fused-ring (bicyclic) bond motifs is 8. The number of aromatic hydroxyl groups is 3. The number of carboxylic acid groups (broad SMARTS) is 3. The number of aromatic carboxylic acids is 2. The molecule has 0 heterocycles. The van der Waals surface area contributed by atoms with E-state index >= 15 is 0 Å². The van der Waals surface area contributed by atoms with E-state index < -0.39 is 24.5 Å². The molecule has 4 aromatic rings. The first-order valence-corrected chi connectivity index (χ1v) is 13.7. The smallest absolute Gasteiger partial charge is 0.341 e. The monoisotopic (exact) mass is 598 g/mol. The van der Waals surface area contributed by atoms with Crippen molar-refractivity contribution in [3.05, 3.63) is 115 Å². The van der Waals surface area contributed by atoms with Crippen molar-refractivity contribution in [1.29, 1.82) is 0 Å². The van der Waals surface area contributed by atoms with Crippen LogP contribution in [0.4, 0.5) is 0 Å². The summed E-state index contributed by atoms with van der Waals surface area (Å²) in [5.41, 5.74) is 4.01. The van der Waals surface area contributed by atoms with Gasteiger partial charge in [-0.2, -0.15) is 0 Å². The van der Waals surface area contributed by atoms with Crippen molar-refractivity contribution in [3.63, 3.8) is 0 Å². The predicted octanol–water partition coefficient (Wildman–Crippen LogP) is 4.96. The van der Waals surface area contributed by atoms with Crippen molar-refractivity contribution >= 4 is 17.9 Å². The topological polar surface area (TPSA) is 182 Å². The van der Waals surface area contributed by atoms with Gasteiger partial charge >= 0.3 is 17.9 Å². The second-order valence-corrected chi connectivity index (χ2v) is 11.1. The van der Waals surface area contributed by atoms with Crippen molar-refractivity contribution in [2.24, 2.45) is 0 Å². The Bertz CT molecular complexity index is 1740. The Hall–Kier alpha value is -5.51. The SMILES string of the molecule is Cc1cc2c(O)c(c1)Cc1cc(C(=O)O)cc(c1O)Cc1cc(C)cc(c1OCC(=O)O)Cc1cc(C(=O)O)cc(c1O)C2. The number of hydrogen-bond acceptors (Lipinski definition) is 7. The number of carbonyl (C=O) groups is 3. The first kappa shape index (κ1) is 30.0. The molecule has 0 amide bonds. The third-order valence-corrected chi connectivity index (χ3v) is 7.69. The zero-order valence-electron chi connectivity index (χ0n) is 24.0.